The van der Waals surface area contributed by atoms with Gasteiger partial charge >= 0.3 is 0 Å². The van der Waals surface area contributed by atoms with Crippen molar-refractivity contribution >= 4 is 11.8 Å². The Balaban J connectivity index is 2.58. The number of carbonyl (C=O) groups excluding carboxylic acids is 2. The van der Waals surface area contributed by atoms with Gasteiger partial charge in [0.05, 0.1) is 6.04 Å². The first-order chi connectivity index (χ1) is 8.99. The number of likely N-dealkylation sites (tertiary alicyclic amines) is 1. The van der Waals surface area contributed by atoms with Gasteiger partial charge in [0.1, 0.15) is 6.04 Å². The third kappa shape index (κ3) is 4.20. The fourth-order valence-electron chi connectivity index (χ4n) is 2.29. The van der Waals surface area contributed by atoms with Gasteiger partial charge in [-0.15, -0.1) is 0 Å². The molecule has 2 atom stereocenters. The highest BCUT2D eigenvalue weighted by Gasteiger charge is 2.36. The third-order valence-corrected chi connectivity index (χ3v) is 3.67. The number of nitrogens with two attached hydrogens (primary N) is 1. The Hall–Kier alpha value is -1.10. The second-order valence-corrected chi connectivity index (χ2v) is 5.60. The van der Waals surface area contributed by atoms with Crippen molar-refractivity contribution in [1.82, 2.24) is 10.2 Å². The monoisotopic (exact) mass is 269 g/mol. The summed E-state index contributed by atoms with van der Waals surface area (Å²) in [5.74, 6) is -0.0321. The summed E-state index contributed by atoms with van der Waals surface area (Å²) >= 11 is 0. The molecule has 0 radical (unpaired) electrons. The summed E-state index contributed by atoms with van der Waals surface area (Å²) in [6, 6.07) is -0.835. The molecule has 1 fully saturated rings. The minimum atomic E-state index is -0.510. The molecule has 1 aliphatic rings. The van der Waals surface area contributed by atoms with E-state index < -0.39 is 6.04 Å². The van der Waals surface area contributed by atoms with Crippen LogP contribution in [0.25, 0.3) is 0 Å². The first-order valence-corrected chi connectivity index (χ1v) is 7.32. The Morgan fingerprint density at radius 2 is 2.11 bits per heavy atom. The molecule has 1 rings (SSSR count). The van der Waals surface area contributed by atoms with Crippen molar-refractivity contribution < 1.29 is 9.59 Å². The Bertz CT molecular complexity index is 318. The third-order valence-electron chi connectivity index (χ3n) is 3.67. The molecule has 0 aromatic carbocycles. The standard InChI is InChI=1S/C14H27N3O2/c1-4-5-8-16-13(18)11-7-6-9-17(11)14(19)12(15)10(2)3/h10-12H,4-9,15H2,1-3H3,(H,16,18)/t11-,12-/m0/s1. The number of nitrogens with zero attached hydrogens (tertiary/aromatic N) is 1. The molecular weight excluding hydrogens is 242 g/mol. The molecule has 2 amide bonds. The van der Waals surface area contributed by atoms with Crippen molar-refractivity contribution in [2.24, 2.45) is 11.7 Å². The lowest BCUT2D eigenvalue weighted by Gasteiger charge is -2.28. The second-order valence-electron chi connectivity index (χ2n) is 5.60. The number of rotatable bonds is 6. The molecule has 0 saturated carbocycles. The van der Waals surface area contributed by atoms with E-state index in [2.05, 4.69) is 12.2 Å². The summed E-state index contributed by atoms with van der Waals surface area (Å²) in [6.07, 6.45) is 3.64. The quantitative estimate of drug-likeness (QED) is 0.703. The van der Waals surface area contributed by atoms with Crippen molar-refractivity contribution in [3.63, 3.8) is 0 Å². The minimum absolute atomic E-state index is 0.0322. The first-order valence-electron chi connectivity index (χ1n) is 7.32. The summed E-state index contributed by atoms with van der Waals surface area (Å²) in [7, 11) is 0. The van der Waals surface area contributed by atoms with E-state index in [1.165, 1.54) is 0 Å². The number of nitrogens with one attached hydrogen (secondary N) is 1. The molecule has 0 aliphatic carbocycles. The maximum Gasteiger partial charge on any atom is 0.242 e. The smallest absolute Gasteiger partial charge is 0.242 e. The van der Waals surface area contributed by atoms with Crippen LogP contribution in [0.1, 0.15) is 46.5 Å². The van der Waals surface area contributed by atoms with E-state index in [0.717, 1.165) is 25.7 Å². The van der Waals surface area contributed by atoms with E-state index in [1.54, 1.807) is 4.90 Å². The normalized spacial score (nSPS) is 20.7. The van der Waals surface area contributed by atoms with Crippen LogP contribution in [0.15, 0.2) is 0 Å². The summed E-state index contributed by atoms with van der Waals surface area (Å²) in [5, 5.41) is 2.90. The fourth-order valence-corrected chi connectivity index (χ4v) is 2.29. The highest BCUT2D eigenvalue weighted by molar-refractivity contribution is 5.90. The molecule has 1 saturated heterocycles. The molecule has 19 heavy (non-hydrogen) atoms. The number of hydrogen-bond donors (Lipinski definition) is 2. The number of hydrogen-bond acceptors (Lipinski definition) is 3. The SMILES string of the molecule is CCCCNC(=O)[C@@H]1CCCN1C(=O)[C@@H](N)C(C)C. The summed E-state index contributed by atoms with van der Waals surface area (Å²) in [4.78, 5) is 26.0. The highest BCUT2D eigenvalue weighted by atomic mass is 16.2. The van der Waals surface area contributed by atoms with Crippen molar-refractivity contribution in [3.05, 3.63) is 0 Å². The van der Waals surface area contributed by atoms with E-state index in [9.17, 15) is 9.59 Å². The maximum atomic E-state index is 12.3. The fraction of sp³-hybridized carbons (Fsp3) is 0.857. The van der Waals surface area contributed by atoms with Crippen molar-refractivity contribution in [2.45, 2.75) is 58.5 Å². The highest BCUT2D eigenvalue weighted by Crippen LogP contribution is 2.19. The molecule has 5 nitrogen and oxygen atoms in total. The summed E-state index contributed by atoms with van der Waals surface area (Å²) in [6.45, 7) is 7.26. The zero-order valence-electron chi connectivity index (χ0n) is 12.3. The predicted octanol–water partition coefficient (Wildman–Crippen LogP) is 0.877. The average molecular weight is 269 g/mol. The van der Waals surface area contributed by atoms with Gasteiger partial charge in [0.25, 0.3) is 0 Å². The predicted molar refractivity (Wildman–Crippen MR) is 75.5 cm³/mol. The zero-order valence-corrected chi connectivity index (χ0v) is 12.3. The zero-order chi connectivity index (χ0) is 14.4. The summed E-state index contributed by atoms with van der Waals surface area (Å²) < 4.78 is 0. The van der Waals surface area contributed by atoms with Gasteiger partial charge in [0, 0.05) is 13.1 Å². The van der Waals surface area contributed by atoms with E-state index in [1.807, 2.05) is 13.8 Å². The van der Waals surface area contributed by atoms with E-state index in [0.29, 0.717) is 13.1 Å². The minimum Gasteiger partial charge on any atom is -0.354 e. The van der Waals surface area contributed by atoms with Gasteiger partial charge < -0.3 is 16.0 Å². The van der Waals surface area contributed by atoms with Crippen LogP contribution >= 0.6 is 0 Å². The van der Waals surface area contributed by atoms with Crippen molar-refractivity contribution in [3.8, 4) is 0 Å². The van der Waals surface area contributed by atoms with Gasteiger partial charge in [-0.2, -0.15) is 0 Å². The lowest BCUT2D eigenvalue weighted by atomic mass is 10.0. The molecule has 0 unspecified atom stereocenters. The Kier molecular flexibility index (Phi) is 6.28. The molecule has 1 aliphatic heterocycles. The summed E-state index contributed by atoms with van der Waals surface area (Å²) in [5.41, 5.74) is 5.90. The second kappa shape index (κ2) is 7.48. The topological polar surface area (TPSA) is 75.4 Å². The van der Waals surface area contributed by atoms with Gasteiger partial charge in [0.15, 0.2) is 0 Å². The van der Waals surface area contributed by atoms with Gasteiger partial charge in [0.2, 0.25) is 11.8 Å². The lowest BCUT2D eigenvalue weighted by molar-refractivity contribution is -0.140. The molecule has 5 heteroatoms. The maximum absolute atomic E-state index is 12.3. The van der Waals surface area contributed by atoms with Crippen LogP contribution in [-0.4, -0.2) is 41.9 Å². The van der Waals surface area contributed by atoms with E-state index in [-0.39, 0.29) is 23.8 Å². The van der Waals surface area contributed by atoms with Crippen LogP contribution in [0.4, 0.5) is 0 Å². The van der Waals surface area contributed by atoms with Gasteiger partial charge in [-0.3, -0.25) is 9.59 Å². The van der Waals surface area contributed by atoms with Crippen LogP contribution < -0.4 is 11.1 Å². The molecule has 3 N–H and O–H groups in total. The first kappa shape index (κ1) is 16.0. The number of carbonyl (C=O) groups is 2. The molecule has 0 aromatic rings. The Morgan fingerprint density at radius 1 is 1.42 bits per heavy atom. The Labute approximate surface area is 115 Å². The van der Waals surface area contributed by atoms with Crippen LogP contribution in [0.5, 0.6) is 0 Å². The van der Waals surface area contributed by atoms with E-state index >= 15 is 0 Å². The molecule has 0 aromatic heterocycles. The number of unbranched alkanes of at least 4 members (excludes halogenated alkanes) is 1. The van der Waals surface area contributed by atoms with Crippen LogP contribution in [0.3, 0.4) is 0 Å². The molecule has 110 valence electrons. The molecule has 0 bridgehead atoms. The Morgan fingerprint density at radius 3 is 2.68 bits per heavy atom. The van der Waals surface area contributed by atoms with Crippen LogP contribution in [0, 0.1) is 5.92 Å². The van der Waals surface area contributed by atoms with Crippen molar-refractivity contribution in [2.75, 3.05) is 13.1 Å². The van der Waals surface area contributed by atoms with Crippen LogP contribution in [0.2, 0.25) is 0 Å². The van der Waals surface area contributed by atoms with Gasteiger partial charge in [-0.05, 0) is 25.2 Å². The van der Waals surface area contributed by atoms with Gasteiger partial charge in [-0.1, -0.05) is 27.2 Å². The van der Waals surface area contributed by atoms with E-state index in [4.69, 9.17) is 5.73 Å². The largest absolute Gasteiger partial charge is 0.354 e. The molecule has 0 spiro atoms. The van der Waals surface area contributed by atoms with Crippen LogP contribution in [-0.2, 0) is 9.59 Å². The lowest BCUT2D eigenvalue weighted by Crippen LogP contribution is -2.52. The molecule has 1 heterocycles. The average Bonchev–Trinajstić information content (AvgIpc) is 2.86. The van der Waals surface area contributed by atoms with Crippen molar-refractivity contribution in [1.29, 1.82) is 0 Å². The number of amides is 2. The molecular formula is C14H27N3O2. The van der Waals surface area contributed by atoms with Gasteiger partial charge in [-0.25, -0.2) is 0 Å².